The fourth-order valence-corrected chi connectivity index (χ4v) is 2.21. The highest BCUT2D eigenvalue weighted by Crippen LogP contribution is 2.27. The van der Waals surface area contributed by atoms with Gasteiger partial charge in [0.1, 0.15) is 11.6 Å². The Morgan fingerprint density at radius 1 is 1.33 bits per heavy atom. The number of nitrogens with one attached hydrogen (secondary N) is 1. The highest BCUT2D eigenvalue weighted by Gasteiger charge is 2.44. The van der Waals surface area contributed by atoms with Crippen LogP contribution in [-0.2, 0) is 9.59 Å². The molecule has 2 amide bonds. The number of rotatable bonds is 1. The van der Waals surface area contributed by atoms with Crippen LogP contribution in [0.3, 0.4) is 0 Å². The Kier molecular flexibility index (Phi) is 3.07. The molecule has 0 radical (unpaired) electrons. The summed E-state index contributed by atoms with van der Waals surface area (Å²) in [6, 6.07) is 6.41. The van der Waals surface area contributed by atoms with E-state index in [0.29, 0.717) is 10.7 Å². The fourth-order valence-electron chi connectivity index (χ4n) is 2.03. The van der Waals surface area contributed by atoms with E-state index in [2.05, 4.69) is 5.32 Å². The Labute approximate surface area is 111 Å². The van der Waals surface area contributed by atoms with Crippen molar-refractivity contribution in [1.82, 2.24) is 5.32 Å². The normalized spacial score (nSPS) is 22.9. The van der Waals surface area contributed by atoms with E-state index in [1.165, 1.54) is 4.90 Å². The Bertz CT molecular complexity index is 513. The van der Waals surface area contributed by atoms with E-state index in [0.717, 1.165) is 0 Å². The maximum atomic E-state index is 12.4. The van der Waals surface area contributed by atoms with Crippen molar-refractivity contribution in [2.75, 3.05) is 4.90 Å². The quantitative estimate of drug-likeness (QED) is 0.845. The second-order valence-corrected chi connectivity index (χ2v) is 5.38. The Balaban J connectivity index is 2.46. The van der Waals surface area contributed by atoms with Crippen LogP contribution in [0.1, 0.15) is 20.8 Å². The van der Waals surface area contributed by atoms with Crippen LogP contribution >= 0.6 is 11.6 Å². The number of piperazine rings is 1. The standard InChI is InChI=1S/C13H15ClN2O2/c1-8-11(17)15-13(2,3)12(18)16(8)10-6-4-5-9(14)7-10/h4-8H,1-3H3,(H,15,17). The molecule has 1 unspecified atom stereocenters. The van der Waals surface area contributed by atoms with Crippen molar-refractivity contribution in [1.29, 1.82) is 0 Å². The van der Waals surface area contributed by atoms with Crippen LogP contribution < -0.4 is 10.2 Å². The van der Waals surface area contributed by atoms with Crippen LogP contribution in [0.2, 0.25) is 5.02 Å². The van der Waals surface area contributed by atoms with Gasteiger partial charge in [0, 0.05) is 10.7 Å². The van der Waals surface area contributed by atoms with Gasteiger partial charge in [0.15, 0.2) is 0 Å². The van der Waals surface area contributed by atoms with E-state index in [1.54, 1.807) is 45.0 Å². The molecule has 1 atom stereocenters. The first-order valence-electron chi connectivity index (χ1n) is 5.74. The molecule has 1 N–H and O–H groups in total. The van der Waals surface area contributed by atoms with Crippen molar-refractivity contribution in [3.8, 4) is 0 Å². The lowest BCUT2D eigenvalue weighted by Crippen LogP contribution is -2.67. The number of carbonyl (C=O) groups excluding carboxylic acids is 2. The molecule has 18 heavy (non-hydrogen) atoms. The maximum absolute atomic E-state index is 12.4. The Hall–Kier alpha value is -1.55. The number of carbonyl (C=O) groups is 2. The van der Waals surface area contributed by atoms with Gasteiger partial charge in [-0.05, 0) is 39.0 Å². The van der Waals surface area contributed by atoms with Gasteiger partial charge in [-0.1, -0.05) is 17.7 Å². The summed E-state index contributed by atoms with van der Waals surface area (Å²) in [5.74, 6) is -0.309. The Morgan fingerprint density at radius 2 is 2.00 bits per heavy atom. The number of benzene rings is 1. The molecule has 0 saturated carbocycles. The van der Waals surface area contributed by atoms with Gasteiger partial charge in [0.25, 0.3) is 5.91 Å². The minimum absolute atomic E-state index is 0.142. The molecule has 1 fully saturated rings. The maximum Gasteiger partial charge on any atom is 0.252 e. The van der Waals surface area contributed by atoms with Gasteiger partial charge < -0.3 is 5.32 Å². The summed E-state index contributed by atoms with van der Waals surface area (Å²) in [6.45, 7) is 5.08. The van der Waals surface area contributed by atoms with Crippen LogP contribution in [0.4, 0.5) is 5.69 Å². The summed E-state index contributed by atoms with van der Waals surface area (Å²) >= 11 is 5.93. The van der Waals surface area contributed by atoms with E-state index < -0.39 is 11.6 Å². The molecule has 1 heterocycles. The zero-order valence-corrected chi connectivity index (χ0v) is 11.3. The van der Waals surface area contributed by atoms with Gasteiger partial charge in [0.05, 0.1) is 0 Å². The number of amides is 2. The highest BCUT2D eigenvalue weighted by atomic mass is 35.5. The smallest absolute Gasteiger partial charge is 0.252 e. The highest BCUT2D eigenvalue weighted by molar-refractivity contribution is 6.31. The molecular weight excluding hydrogens is 252 g/mol. The predicted molar refractivity (Wildman–Crippen MR) is 70.6 cm³/mol. The van der Waals surface area contributed by atoms with Crippen molar-refractivity contribution < 1.29 is 9.59 Å². The first-order chi connectivity index (χ1) is 8.33. The predicted octanol–water partition coefficient (Wildman–Crippen LogP) is 1.97. The SMILES string of the molecule is CC1C(=O)NC(C)(C)C(=O)N1c1cccc(Cl)c1. The lowest BCUT2D eigenvalue weighted by atomic mass is 9.96. The van der Waals surface area contributed by atoms with Gasteiger partial charge in [-0.3, -0.25) is 14.5 Å². The lowest BCUT2D eigenvalue weighted by Gasteiger charge is -2.41. The molecular formula is C13H15ClN2O2. The van der Waals surface area contributed by atoms with Gasteiger partial charge >= 0.3 is 0 Å². The van der Waals surface area contributed by atoms with Gasteiger partial charge in [0.2, 0.25) is 5.91 Å². The minimum atomic E-state index is -0.897. The molecule has 96 valence electrons. The third-order valence-electron chi connectivity index (χ3n) is 3.04. The van der Waals surface area contributed by atoms with Crippen LogP contribution in [0.15, 0.2) is 24.3 Å². The third-order valence-corrected chi connectivity index (χ3v) is 3.28. The summed E-state index contributed by atoms with van der Waals surface area (Å²) in [5, 5.41) is 3.24. The molecule has 5 heteroatoms. The first kappa shape index (κ1) is 12.9. The summed E-state index contributed by atoms with van der Waals surface area (Å²) in [4.78, 5) is 25.8. The number of anilines is 1. The first-order valence-corrected chi connectivity index (χ1v) is 6.12. The monoisotopic (exact) mass is 266 g/mol. The van der Waals surface area contributed by atoms with E-state index in [1.807, 2.05) is 0 Å². The van der Waals surface area contributed by atoms with E-state index in [9.17, 15) is 9.59 Å². The molecule has 0 bridgehead atoms. The zero-order valence-electron chi connectivity index (χ0n) is 10.5. The number of halogens is 1. The molecule has 1 aliphatic rings. The van der Waals surface area contributed by atoms with Crippen molar-refractivity contribution in [3.05, 3.63) is 29.3 Å². The van der Waals surface area contributed by atoms with Crippen LogP contribution in [0.5, 0.6) is 0 Å². The fraction of sp³-hybridized carbons (Fsp3) is 0.385. The van der Waals surface area contributed by atoms with E-state index >= 15 is 0 Å². The van der Waals surface area contributed by atoms with Gasteiger partial charge in [-0.25, -0.2) is 0 Å². The van der Waals surface area contributed by atoms with Crippen LogP contribution in [0.25, 0.3) is 0 Å². The van der Waals surface area contributed by atoms with E-state index in [4.69, 9.17) is 11.6 Å². The molecule has 0 aromatic heterocycles. The molecule has 1 aromatic carbocycles. The van der Waals surface area contributed by atoms with Crippen LogP contribution in [0, 0.1) is 0 Å². The second kappa shape index (κ2) is 4.28. The lowest BCUT2D eigenvalue weighted by molar-refractivity contribution is -0.136. The van der Waals surface area contributed by atoms with Crippen LogP contribution in [-0.4, -0.2) is 23.4 Å². The largest absolute Gasteiger partial charge is 0.340 e. The molecule has 1 aliphatic heterocycles. The zero-order chi connectivity index (χ0) is 13.5. The molecule has 2 rings (SSSR count). The average molecular weight is 267 g/mol. The molecule has 0 spiro atoms. The average Bonchev–Trinajstić information content (AvgIpc) is 2.27. The summed E-state index contributed by atoms with van der Waals surface area (Å²) in [5.41, 5.74) is -0.255. The van der Waals surface area contributed by atoms with Gasteiger partial charge in [-0.15, -0.1) is 0 Å². The summed E-state index contributed by atoms with van der Waals surface area (Å²) in [6.07, 6.45) is 0. The molecule has 1 saturated heterocycles. The summed E-state index contributed by atoms with van der Waals surface area (Å²) in [7, 11) is 0. The van der Waals surface area contributed by atoms with Crippen molar-refractivity contribution >= 4 is 29.1 Å². The molecule has 4 nitrogen and oxygen atoms in total. The third kappa shape index (κ3) is 2.08. The summed E-state index contributed by atoms with van der Waals surface area (Å²) < 4.78 is 0. The van der Waals surface area contributed by atoms with Crippen molar-refractivity contribution in [3.63, 3.8) is 0 Å². The number of hydrogen-bond donors (Lipinski definition) is 1. The molecule has 1 aromatic rings. The molecule has 0 aliphatic carbocycles. The van der Waals surface area contributed by atoms with Gasteiger partial charge in [-0.2, -0.15) is 0 Å². The second-order valence-electron chi connectivity index (χ2n) is 4.95. The Morgan fingerprint density at radius 3 is 2.61 bits per heavy atom. The minimum Gasteiger partial charge on any atom is -0.340 e. The van der Waals surface area contributed by atoms with Crippen molar-refractivity contribution in [2.24, 2.45) is 0 Å². The van der Waals surface area contributed by atoms with E-state index in [-0.39, 0.29) is 11.8 Å². The number of nitrogens with zero attached hydrogens (tertiary/aromatic N) is 1. The topological polar surface area (TPSA) is 49.4 Å². The number of hydrogen-bond acceptors (Lipinski definition) is 2. The van der Waals surface area contributed by atoms with Crippen molar-refractivity contribution in [2.45, 2.75) is 32.4 Å².